The van der Waals surface area contributed by atoms with Gasteiger partial charge in [-0.15, -0.1) is 12.4 Å². The van der Waals surface area contributed by atoms with Gasteiger partial charge in [0.05, 0.1) is 18.2 Å². The lowest BCUT2D eigenvalue weighted by Crippen LogP contribution is -1.85. The summed E-state index contributed by atoms with van der Waals surface area (Å²) in [6.07, 6.45) is 5.52. The van der Waals surface area contributed by atoms with Gasteiger partial charge in [-0.05, 0) is 6.08 Å². The van der Waals surface area contributed by atoms with E-state index in [-0.39, 0.29) is 12.4 Å². The number of halogens is 1. The molecule has 0 aromatic carbocycles. The number of carbonyl (C=O) groups is 1. The maximum Gasteiger partial charge on any atom is 0.328 e. The number of hydrogen-bond acceptors (Lipinski definition) is 2. The Kier molecular flexibility index (Phi) is 3.98. The van der Waals surface area contributed by atoms with Crippen LogP contribution in [0.1, 0.15) is 5.69 Å². The van der Waals surface area contributed by atoms with Crippen molar-refractivity contribution in [3.05, 3.63) is 24.3 Å². The Labute approximate surface area is 69.4 Å². The van der Waals surface area contributed by atoms with Crippen molar-refractivity contribution in [2.75, 3.05) is 0 Å². The highest BCUT2D eigenvalue weighted by Crippen LogP contribution is 1.92. The lowest BCUT2D eigenvalue weighted by molar-refractivity contribution is -0.131. The molecule has 0 aliphatic rings. The van der Waals surface area contributed by atoms with Crippen LogP contribution in [0.5, 0.6) is 0 Å². The number of imidazole rings is 1. The van der Waals surface area contributed by atoms with Crippen LogP contribution in [0, 0.1) is 0 Å². The van der Waals surface area contributed by atoms with Crippen LogP contribution in [-0.2, 0) is 4.79 Å². The fourth-order valence-electron chi connectivity index (χ4n) is 0.519. The topological polar surface area (TPSA) is 66.0 Å². The molecular weight excluding hydrogens is 168 g/mol. The minimum atomic E-state index is -0.963. The Morgan fingerprint density at radius 1 is 1.73 bits per heavy atom. The van der Waals surface area contributed by atoms with Crippen LogP contribution < -0.4 is 0 Å². The van der Waals surface area contributed by atoms with Gasteiger partial charge in [-0.1, -0.05) is 0 Å². The number of hydrogen-bond donors (Lipinski definition) is 2. The van der Waals surface area contributed by atoms with Crippen LogP contribution in [0.15, 0.2) is 18.6 Å². The Hall–Kier alpha value is -1.29. The fraction of sp³-hybridized carbons (Fsp3) is 0. The summed E-state index contributed by atoms with van der Waals surface area (Å²) in [4.78, 5) is 16.4. The number of aromatic nitrogens is 2. The quantitative estimate of drug-likeness (QED) is 0.656. The molecule has 0 atom stereocenters. The van der Waals surface area contributed by atoms with Crippen LogP contribution >= 0.6 is 12.4 Å². The van der Waals surface area contributed by atoms with Crippen molar-refractivity contribution in [1.29, 1.82) is 0 Å². The van der Waals surface area contributed by atoms with E-state index in [9.17, 15) is 4.79 Å². The summed E-state index contributed by atoms with van der Waals surface area (Å²) in [7, 11) is 0. The standard InChI is InChI=1S/C6H6N2O2.ClH/c9-6(10)2-1-5-3-7-4-8-5;/h1-4H,(H,7,8)(H,9,10);1H. The third-order valence-electron chi connectivity index (χ3n) is 0.925. The van der Waals surface area contributed by atoms with Crippen molar-refractivity contribution in [2.45, 2.75) is 0 Å². The number of aromatic amines is 1. The van der Waals surface area contributed by atoms with Crippen LogP contribution in [0.4, 0.5) is 0 Å². The molecular formula is C6H7ClN2O2. The number of nitrogens with one attached hydrogen (secondary N) is 1. The molecule has 2 N–H and O–H groups in total. The van der Waals surface area contributed by atoms with E-state index in [1.165, 1.54) is 12.4 Å². The molecule has 1 rings (SSSR count). The van der Waals surface area contributed by atoms with Gasteiger partial charge in [-0.25, -0.2) is 9.78 Å². The molecule has 0 spiro atoms. The molecule has 0 aliphatic heterocycles. The van der Waals surface area contributed by atoms with E-state index < -0.39 is 5.97 Å². The maximum atomic E-state index is 9.97. The molecule has 5 heteroatoms. The molecule has 1 aromatic heterocycles. The first-order valence-electron chi connectivity index (χ1n) is 2.68. The molecule has 0 fully saturated rings. The normalized spacial score (nSPS) is 9.45. The summed E-state index contributed by atoms with van der Waals surface area (Å²) >= 11 is 0. The van der Waals surface area contributed by atoms with Gasteiger partial charge in [0, 0.05) is 6.08 Å². The summed E-state index contributed by atoms with van der Waals surface area (Å²) in [6.45, 7) is 0. The van der Waals surface area contributed by atoms with E-state index in [1.54, 1.807) is 6.20 Å². The average molecular weight is 175 g/mol. The van der Waals surface area contributed by atoms with Gasteiger partial charge in [0.25, 0.3) is 0 Å². The zero-order valence-electron chi connectivity index (χ0n) is 5.52. The zero-order chi connectivity index (χ0) is 7.40. The van der Waals surface area contributed by atoms with E-state index in [4.69, 9.17) is 5.11 Å². The Bertz CT molecular complexity index is 243. The molecule has 0 aliphatic carbocycles. The lowest BCUT2D eigenvalue weighted by Gasteiger charge is -1.79. The van der Waals surface area contributed by atoms with Crippen molar-refractivity contribution in [3.63, 3.8) is 0 Å². The number of nitrogens with zero attached hydrogens (tertiary/aromatic N) is 1. The molecule has 0 bridgehead atoms. The molecule has 1 aromatic rings. The predicted octanol–water partition coefficient (Wildman–Crippen LogP) is 0.929. The average Bonchev–Trinajstić information content (AvgIpc) is 2.34. The maximum absolute atomic E-state index is 9.97. The van der Waals surface area contributed by atoms with Gasteiger partial charge < -0.3 is 10.1 Å². The highest BCUT2D eigenvalue weighted by Gasteiger charge is 1.87. The van der Waals surface area contributed by atoms with E-state index in [0.29, 0.717) is 5.69 Å². The van der Waals surface area contributed by atoms with E-state index >= 15 is 0 Å². The second-order valence-electron chi connectivity index (χ2n) is 1.68. The van der Waals surface area contributed by atoms with Crippen LogP contribution in [0.25, 0.3) is 6.08 Å². The molecule has 4 nitrogen and oxygen atoms in total. The van der Waals surface area contributed by atoms with Gasteiger partial charge in [0.1, 0.15) is 0 Å². The predicted molar refractivity (Wildman–Crippen MR) is 42.5 cm³/mol. The second-order valence-corrected chi connectivity index (χ2v) is 1.68. The summed E-state index contributed by atoms with van der Waals surface area (Å²) < 4.78 is 0. The minimum Gasteiger partial charge on any atom is -0.478 e. The molecule has 0 saturated heterocycles. The van der Waals surface area contributed by atoms with Gasteiger partial charge in [0.15, 0.2) is 0 Å². The number of carboxylic acid groups (broad SMARTS) is 1. The van der Waals surface area contributed by atoms with Gasteiger partial charge in [-0.3, -0.25) is 0 Å². The van der Waals surface area contributed by atoms with E-state index in [1.807, 2.05) is 0 Å². The SMILES string of the molecule is Cl.O=C(O)C=Cc1cnc[nH]1. The number of H-pyrrole nitrogens is 1. The first-order chi connectivity index (χ1) is 4.79. The van der Waals surface area contributed by atoms with Crippen molar-refractivity contribution in [2.24, 2.45) is 0 Å². The second kappa shape index (κ2) is 4.51. The number of carboxylic acids is 1. The van der Waals surface area contributed by atoms with Crippen LogP contribution in [0.2, 0.25) is 0 Å². The third-order valence-corrected chi connectivity index (χ3v) is 0.925. The Morgan fingerprint density at radius 2 is 2.45 bits per heavy atom. The van der Waals surface area contributed by atoms with Gasteiger partial charge in [0.2, 0.25) is 0 Å². The minimum absolute atomic E-state index is 0. The third kappa shape index (κ3) is 3.42. The molecule has 0 amide bonds. The van der Waals surface area contributed by atoms with Crippen molar-refractivity contribution in [3.8, 4) is 0 Å². The number of rotatable bonds is 2. The van der Waals surface area contributed by atoms with Crippen molar-refractivity contribution in [1.82, 2.24) is 9.97 Å². The molecule has 0 radical (unpaired) electrons. The fourth-order valence-corrected chi connectivity index (χ4v) is 0.519. The lowest BCUT2D eigenvalue weighted by atomic mass is 10.4. The van der Waals surface area contributed by atoms with Crippen molar-refractivity contribution < 1.29 is 9.90 Å². The molecule has 0 unspecified atom stereocenters. The molecule has 1 heterocycles. The van der Waals surface area contributed by atoms with Crippen LogP contribution in [-0.4, -0.2) is 21.0 Å². The Morgan fingerprint density at radius 3 is 2.91 bits per heavy atom. The molecule has 11 heavy (non-hydrogen) atoms. The summed E-state index contributed by atoms with van der Waals surface area (Å²) in [5.74, 6) is -0.963. The zero-order valence-corrected chi connectivity index (χ0v) is 6.34. The molecule has 60 valence electrons. The summed E-state index contributed by atoms with van der Waals surface area (Å²) in [5, 5.41) is 8.19. The summed E-state index contributed by atoms with van der Waals surface area (Å²) in [6, 6.07) is 0. The van der Waals surface area contributed by atoms with Gasteiger partial charge in [-0.2, -0.15) is 0 Å². The monoisotopic (exact) mass is 174 g/mol. The number of aliphatic carboxylic acids is 1. The molecule has 0 saturated carbocycles. The Balaban J connectivity index is 0.000001000. The highest BCUT2D eigenvalue weighted by molar-refractivity contribution is 5.85. The van der Waals surface area contributed by atoms with Crippen LogP contribution in [0.3, 0.4) is 0 Å². The summed E-state index contributed by atoms with van der Waals surface area (Å²) in [5.41, 5.74) is 0.683. The van der Waals surface area contributed by atoms with E-state index in [2.05, 4.69) is 9.97 Å². The van der Waals surface area contributed by atoms with Gasteiger partial charge >= 0.3 is 5.97 Å². The van der Waals surface area contributed by atoms with Crippen molar-refractivity contribution >= 4 is 24.5 Å². The smallest absolute Gasteiger partial charge is 0.328 e. The first kappa shape index (κ1) is 9.71. The first-order valence-corrected chi connectivity index (χ1v) is 2.68. The van der Waals surface area contributed by atoms with E-state index in [0.717, 1.165) is 6.08 Å². The largest absolute Gasteiger partial charge is 0.478 e. The highest BCUT2D eigenvalue weighted by atomic mass is 35.5.